The highest BCUT2D eigenvalue weighted by molar-refractivity contribution is 5.83. The molecule has 0 saturated carbocycles. The third-order valence-corrected chi connectivity index (χ3v) is 4.23. The van der Waals surface area contributed by atoms with E-state index in [-0.39, 0.29) is 17.8 Å². The van der Waals surface area contributed by atoms with E-state index in [9.17, 15) is 4.79 Å². The van der Waals surface area contributed by atoms with Gasteiger partial charge >= 0.3 is 0 Å². The number of carbonyl (C=O) groups excluding carboxylic acids is 1. The lowest BCUT2D eigenvalue weighted by Crippen LogP contribution is -2.22. The SMILES string of the molecule is C=C(/C=C\C=C/C)COc1ccc(C(C)C(C)C(=O)C(C)C)cc1.CC(C)C. The third kappa shape index (κ3) is 10.9. The number of hydrogen-bond acceptors (Lipinski definition) is 2. The van der Waals surface area contributed by atoms with E-state index < -0.39 is 0 Å². The normalized spacial score (nSPS) is 13.5. The number of allylic oxidation sites excluding steroid dienone is 3. The summed E-state index contributed by atoms with van der Waals surface area (Å²) in [6.45, 7) is 20.9. The van der Waals surface area contributed by atoms with Crippen molar-refractivity contribution in [3.63, 3.8) is 0 Å². The van der Waals surface area contributed by atoms with Crippen molar-refractivity contribution in [1.82, 2.24) is 0 Å². The van der Waals surface area contributed by atoms with E-state index in [0.717, 1.165) is 22.8 Å². The molecule has 156 valence electrons. The summed E-state index contributed by atoms with van der Waals surface area (Å²) in [5.41, 5.74) is 2.08. The van der Waals surface area contributed by atoms with Crippen LogP contribution in [0.5, 0.6) is 5.75 Å². The molecular formula is C26H40O2. The van der Waals surface area contributed by atoms with Crippen LogP contribution in [0, 0.1) is 17.8 Å². The van der Waals surface area contributed by atoms with Gasteiger partial charge in [-0.2, -0.15) is 0 Å². The molecular weight excluding hydrogens is 344 g/mol. The zero-order valence-electron chi connectivity index (χ0n) is 19.2. The molecule has 0 aromatic heterocycles. The molecule has 0 spiro atoms. The molecule has 2 atom stereocenters. The quantitative estimate of drug-likeness (QED) is 0.415. The second kappa shape index (κ2) is 14.0. The molecule has 0 saturated heterocycles. The van der Waals surface area contributed by atoms with Crippen molar-refractivity contribution in [1.29, 1.82) is 0 Å². The fraction of sp³-hybridized carbons (Fsp3) is 0.500. The van der Waals surface area contributed by atoms with Gasteiger partial charge in [0.25, 0.3) is 0 Å². The summed E-state index contributed by atoms with van der Waals surface area (Å²) in [5.74, 6) is 2.26. The van der Waals surface area contributed by atoms with Crippen LogP contribution >= 0.6 is 0 Å². The predicted octanol–water partition coefficient (Wildman–Crippen LogP) is 7.38. The standard InChI is InChI=1S/C22H30O2.C4H10/c1-7-8-9-10-17(4)15-24-21-13-11-20(12-14-21)18(5)19(6)22(23)16(2)3;1-4(2)3/h7-14,16,18-19H,4,15H2,1-3,5-6H3;4H,1-3H3/b8-7-,10-9-;. The van der Waals surface area contributed by atoms with E-state index in [0.29, 0.717) is 12.4 Å². The van der Waals surface area contributed by atoms with Crippen LogP contribution in [0.4, 0.5) is 0 Å². The molecule has 1 aromatic carbocycles. The monoisotopic (exact) mass is 384 g/mol. The summed E-state index contributed by atoms with van der Waals surface area (Å²) in [6.07, 6.45) is 7.82. The van der Waals surface area contributed by atoms with E-state index in [1.54, 1.807) is 0 Å². The summed E-state index contributed by atoms with van der Waals surface area (Å²) in [5, 5.41) is 0. The predicted molar refractivity (Wildman–Crippen MR) is 123 cm³/mol. The van der Waals surface area contributed by atoms with E-state index >= 15 is 0 Å². The van der Waals surface area contributed by atoms with Gasteiger partial charge in [-0.25, -0.2) is 0 Å². The molecule has 0 N–H and O–H groups in total. The van der Waals surface area contributed by atoms with Crippen molar-refractivity contribution in [3.8, 4) is 5.75 Å². The minimum absolute atomic E-state index is 0.0216. The van der Waals surface area contributed by atoms with Gasteiger partial charge in [-0.15, -0.1) is 0 Å². The summed E-state index contributed by atoms with van der Waals surface area (Å²) in [4.78, 5) is 12.2. The first-order valence-corrected chi connectivity index (χ1v) is 10.3. The molecule has 0 aliphatic heterocycles. The van der Waals surface area contributed by atoms with Crippen LogP contribution in [0.3, 0.4) is 0 Å². The van der Waals surface area contributed by atoms with Crippen LogP contribution in [0.1, 0.15) is 66.9 Å². The first-order valence-electron chi connectivity index (χ1n) is 10.3. The Morgan fingerprint density at radius 3 is 2.00 bits per heavy atom. The second-order valence-electron chi connectivity index (χ2n) is 8.27. The molecule has 28 heavy (non-hydrogen) atoms. The highest BCUT2D eigenvalue weighted by Gasteiger charge is 2.23. The Hall–Kier alpha value is -2.09. The minimum atomic E-state index is 0.0216. The van der Waals surface area contributed by atoms with E-state index in [4.69, 9.17) is 4.74 Å². The van der Waals surface area contributed by atoms with Crippen molar-refractivity contribution < 1.29 is 9.53 Å². The molecule has 0 heterocycles. The van der Waals surface area contributed by atoms with Crippen molar-refractivity contribution >= 4 is 5.78 Å². The topological polar surface area (TPSA) is 26.3 Å². The van der Waals surface area contributed by atoms with Crippen LogP contribution in [0.15, 0.2) is 60.7 Å². The van der Waals surface area contributed by atoms with Gasteiger partial charge in [-0.05, 0) is 42.0 Å². The second-order valence-corrected chi connectivity index (χ2v) is 8.27. The van der Waals surface area contributed by atoms with Gasteiger partial charge in [0.05, 0.1) is 0 Å². The third-order valence-electron chi connectivity index (χ3n) is 4.23. The molecule has 0 bridgehead atoms. The lowest BCUT2D eigenvalue weighted by Gasteiger charge is -2.21. The number of ether oxygens (including phenoxy) is 1. The smallest absolute Gasteiger partial charge is 0.138 e. The maximum atomic E-state index is 12.2. The highest BCUT2D eigenvalue weighted by Crippen LogP contribution is 2.28. The van der Waals surface area contributed by atoms with Gasteiger partial charge in [0.1, 0.15) is 18.1 Å². The molecule has 0 amide bonds. The Morgan fingerprint density at radius 2 is 1.54 bits per heavy atom. The maximum Gasteiger partial charge on any atom is 0.138 e. The van der Waals surface area contributed by atoms with Crippen molar-refractivity contribution in [2.45, 2.75) is 61.3 Å². The first kappa shape index (κ1) is 25.9. The molecule has 0 aliphatic rings. The largest absolute Gasteiger partial charge is 0.489 e. The Bertz CT molecular complexity index is 630. The van der Waals surface area contributed by atoms with Crippen LogP contribution in [0.25, 0.3) is 0 Å². The summed E-state index contributed by atoms with van der Waals surface area (Å²) in [7, 11) is 0. The van der Waals surface area contributed by atoms with E-state index in [1.165, 1.54) is 0 Å². The molecule has 0 aliphatic carbocycles. The number of ketones is 1. The number of rotatable bonds is 9. The van der Waals surface area contributed by atoms with Crippen molar-refractivity contribution in [2.75, 3.05) is 6.61 Å². The lowest BCUT2D eigenvalue weighted by atomic mass is 9.83. The average molecular weight is 385 g/mol. The molecule has 2 heteroatoms. The van der Waals surface area contributed by atoms with Gasteiger partial charge in [0.2, 0.25) is 0 Å². The van der Waals surface area contributed by atoms with Gasteiger partial charge < -0.3 is 4.74 Å². The Kier molecular flexibility index (Phi) is 12.9. The molecule has 1 rings (SSSR count). The maximum absolute atomic E-state index is 12.2. The van der Waals surface area contributed by atoms with Crippen molar-refractivity contribution in [3.05, 3.63) is 66.3 Å². The molecule has 0 radical (unpaired) electrons. The van der Waals surface area contributed by atoms with E-state index in [2.05, 4.69) is 34.3 Å². The molecule has 1 aromatic rings. The van der Waals surface area contributed by atoms with Gasteiger partial charge in [-0.1, -0.05) is 91.5 Å². The Balaban J connectivity index is 0.00000165. The van der Waals surface area contributed by atoms with Crippen molar-refractivity contribution in [2.24, 2.45) is 17.8 Å². The van der Waals surface area contributed by atoms with Crippen LogP contribution in [-0.4, -0.2) is 12.4 Å². The van der Waals surface area contributed by atoms with Gasteiger partial charge in [0, 0.05) is 11.8 Å². The summed E-state index contributed by atoms with van der Waals surface area (Å²) in [6, 6.07) is 8.01. The number of carbonyl (C=O) groups is 1. The Morgan fingerprint density at radius 1 is 1.00 bits per heavy atom. The minimum Gasteiger partial charge on any atom is -0.489 e. The number of Topliss-reactive ketones (excluding diaryl/α,β-unsaturated/α-hetero) is 1. The van der Waals surface area contributed by atoms with Crippen LogP contribution in [0.2, 0.25) is 0 Å². The first-order chi connectivity index (χ1) is 13.1. The number of hydrogen-bond donors (Lipinski definition) is 0. The van der Waals surface area contributed by atoms with Crippen LogP contribution in [-0.2, 0) is 4.79 Å². The lowest BCUT2D eigenvalue weighted by molar-refractivity contribution is -0.125. The fourth-order valence-corrected chi connectivity index (χ4v) is 2.46. The fourth-order valence-electron chi connectivity index (χ4n) is 2.46. The highest BCUT2D eigenvalue weighted by atomic mass is 16.5. The molecule has 0 fully saturated rings. The molecule has 2 nitrogen and oxygen atoms in total. The molecule has 2 unspecified atom stereocenters. The zero-order chi connectivity index (χ0) is 21.7. The number of benzene rings is 1. The summed E-state index contributed by atoms with van der Waals surface area (Å²) < 4.78 is 5.74. The van der Waals surface area contributed by atoms with Gasteiger partial charge in [0.15, 0.2) is 0 Å². The zero-order valence-corrected chi connectivity index (χ0v) is 19.2. The Labute approximate surface area is 173 Å². The van der Waals surface area contributed by atoms with E-state index in [1.807, 2.05) is 76.3 Å². The van der Waals surface area contributed by atoms with Crippen LogP contribution < -0.4 is 4.74 Å². The average Bonchev–Trinajstić information content (AvgIpc) is 2.64. The summed E-state index contributed by atoms with van der Waals surface area (Å²) >= 11 is 0. The van der Waals surface area contributed by atoms with Gasteiger partial charge in [-0.3, -0.25) is 4.79 Å².